The molecule has 8 heteroatoms. The largest absolute Gasteiger partial charge is 0.492 e. The Morgan fingerprint density at radius 3 is 2.65 bits per heavy atom. The van der Waals surface area contributed by atoms with E-state index in [2.05, 4.69) is 5.32 Å². The van der Waals surface area contributed by atoms with E-state index in [4.69, 9.17) is 15.4 Å². The summed E-state index contributed by atoms with van der Waals surface area (Å²) in [6.45, 7) is 3.59. The fourth-order valence-corrected chi connectivity index (χ4v) is 2.42. The Morgan fingerprint density at radius 2 is 2.10 bits per heavy atom. The predicted molar refractivity (Wildman–Crippen MR) is 72.8 cm³/mol. The van der Waals surface area contributed by atoms with Crippen LogP contribution < -0.4 is 10.1 Å². The number of ether oxygens (including phenoxy) is 1. The fourth-order valence-electron chi connectivity index (χ4n) is 1.44. The molecule has 0 aromatic heterocycles. The molecule has 1 aromatic carbocycles. The van der Waals surface area contributed by atoms with E-state index in [1.165, 1.54) is 0 Å². The van der Waals surface area contributed by atoms with Crippen LogP contribution in [0.15, 0.2) is 23.1 Å². The van der Waals surface area contributed by atoms with Crippen molar-refractivity contribution in [3.63, 3.8) is 0 Å². The maximum atomic E-state index is 13.0. The molecule has 5 nitrogen and oxygen atoms in total. The summed E-state index contributed by atoms with van der Waals surface area (Å²) in [5.41, 5.74) is 0. The average molecular weight is 324 g/mol. The van der Waals surface area contributed by atoms with Crippen LogP contribution in [-0.2, 0) is 13.8 Å². The molecule has 0 spiro atoms. The molecule has 0 unspecified atom stereocenters. The maximum Gasteiger partial charge on any atom is 0.265 e. The molecule has 1 aromatic rings. The molecule has 0 heterocycles. The summed E-state index contributed by atoms with van der Waals surface area (Å²) in [6.07, 6.45) is 0.0529. The van der Waals surface area contributed by atoms with Crippen LogP contribution in [-0.4, -0.2) is 27.0 Å². The highest BCUT2D eigenvalue weighted by molar-refractivity contribution is 8.13. The van der Waals surface area contributed by atoms with E-state index >= 15 is 0 Å². The van der Waals surface area contributed by atoms with Crippen LogP contribution in [0.3, 0.4) is 0 Å². The first-order chi connectivity index (χ1) is 9.20. The molecular weight excluding hydrogens is 309 g/mol. The minimum absolute atomic E-state index is 0.00658. The van der Waals surface area contributed by atoms with Crippen LogP contribution in [0.5, 0.6) is 5.75 Å². The summed E-state index contributed by atoms with van der Waals surface area (Å²) in [6, 6.07) is 2.98. The normalized spacial score (nSPS) is 11.4. The smallest absolute Gasteiger partial charge is 0.265 e. The Morgan fingerprint density at radius 1 is 1.45 bits per heavy atom. The van der Waals surface area contributed by atoms with E-state index < -0.39 is 19.8 Å². The van der Waals surface area contributed by atoms with Gasteiger partial charge in [-0.3, -0.25) is 4.79 Å². The molecule has 0 saturated heterocycles. The number of carbonyl (C=O) groups excluding carboxylic acids is 1. The molecule has 112 valence electrons. The van der Waals surface area contributed by atoms with Gasteiger partial charge in [0.15, 0.2) is 0 Å². The van der Waals surface area contributed by atoms with Gasteiger partial charge in [0, 0.05) is 16.7 Å². The third-order valence-electron chi connectivity index (χ3n) is 2.20. The predicted octanol–water partition coefficient (Wildman–Crippen LogP) is 2.05. The number of hydrogen-bond acceptors (Lipinski definition) is 4. The SMILES string of the molecule is CC(C)NC(=O)CCOc1ccc(F)cc1S(=O)(=O)Cl. The number of nitrogens with one attached hydrogen (secondary N) is 1. The molecule has 0 aliphatic heterocycles. The van der Waals surface area contributed by atoms with Gasteiger partial charge in [-0.05, 0) is 32.0 Å². The van der Waals surface area contributed by atoms with Crippen LogP contribution in [0.2, 0.25) is 0 Å². The quantitative estimate of drug-likeness (QED) is 0.813. The molecule has 0 radical (unpaired) electrons. The highest BCUT2D eigenvalue weighted by Gasteiger charge is 2.18. The van der Waals surface area contributed by atoms with Crippen molar-refractivity contribution >= 4 is 25.6 Å². The van der Waals surface area contributed by atoms with Crippen molar-refractivity contribution in [3.8, 4) is 5.75 Å². The second-order valence-corrected chi connectivity index (χ2v) is 6.88. The van der Waals surface area contributed by atoms with Gasteiger partial charge >= 0.3 is 0 Å². The van der Waals surface area contributed by atoms with Crippen LogP contribution in [0, 0.1) is 5.82 Å². The first-order valence-electron chi connectivity index (χ1n) is 5.86. The molecule has 1 amide bonds. The van der Waals surface area contributed by atoms with Crippen molar-refractivity contribution in [1.29, 1.82) is 0 Å². The van der Waals surface area contributed by atoms with Crippen molar-refractivity contribution in [2.24, 2.45) is 0 Å². The molecule has 0 aliphatic rings. The van der Waals surface area contributed by atoms with Gasteiger partial charge in [0.25, 0.3) is 9.05 Å². The minimum Gasteiger partial charge on any atom is -0.492 e. The lowest BCUT2D eigenvalue weighted by atomic mass is 10.3. The fraction of sp³-hybridized carbons (Fsp3) is 0.417. The zero-order chi connectivity index (χ0) is 15.3. The van der Waals surface area contributed by atoms with Crippen molar-refractivity contribution in [2.75, 3.05) is 6.61 Å². The van der Waals surface area contributed by atoms with Gasteiger partial charge in [-0.25, -0.2) is 12.8 Å². The Bertz CT molecular complexity index is 589. The topological polar surface area (TPSA) is 72.5 Å². The Kier molecular flexibility index (Phi) is 5.76. The van der Waals surface area contributed by atoms with Crippen LogP contribution in [0.1, 0.15) is 20.3 Å². The van der Waals surface area contributed by atoms with E-state index in [1.54, 1.807) is 0 Å². The number of hydrogen-bond donors (Lipinski definition) is 1. The third kappa shape index (κ3) is 5.34. The van der Waals surface area contributed by atoms with Crippen LogP contribution >= 0.6 is 10.7 Å². The van der Waals surface area contributed by atoms with Gasteiger partial charge in [-0.15, -0.1) is 0 Å². The summed E-state index contributed by atoms with van der Waals surface area (Å²) >= 11 is 0. The van der Waals surface area contributed by atoms with Crippen molar-refractivity contribution in [1.82, 2.24) is 5.32 Å². The van der Waals surface area contributed by atoms with E-state index in [1.807, 2.05) is 13.8 Å². The average Bonchev–Trinajstić information content (AvgIpc) is 2.28. The molecule has 1 rings (SSSR count). The standard InChI is InChI=1S/C12H15ClFNO4S/c1-8(2)15-12(16)5-6-19-10-4-3-9(14)7-11(10)20(13,17)18/h3-4,7-8H,5-6H2,1-2H3,(H,15,16). The summed E-state index contributed by atoms with van der Waals surface area (Å²) in [7, 11) is 1.07. The second kappa shape index (κ2) is 6.90. The highest BCUT2D eigenvalue weighted by atomic mass is 35.7. The zero-order valence-electron chi connectivity index (χ0n) is 11.0. The molecular formula is C12H15ClFNO4S. The van der Waals surface area contributed by atoms with E-state index in [-0.39, 0.29) is 30.7 Å². The highest BCUT2D eigenvalue weighted by Crippen LogP contribution is 2.27. The number of rotatable bonds is 6. The number of halogens is 2. The lowest BCUT2D eigenvalue weighted by molar-refractivity contribution is -0.122. The second-order valence-electron chi connectivity index (χ2n) is 4.35. The molecule has 1 N–H and O–H groups in total. The van der Waals surface area contributed by atoms with E-state index in [9.17, 15) is 17.6 Å². The van der Waals surface area contributed by atoms with Crippen LogP contribution in [0.25, 0.3) is 0 Å². The molecule has 0 aliphatic carbocycles. The lowest BCUT2D eigenvalue weighted by Crippen LogP contribution is -2.31. The van der Waals surface area contributed by atoms with Gasteiger partial charge in [-0.2, -0.15) is 0 Å². The number of benzene rings is 1. The molecule has 0 bridgehead atoms. The third-order valence-corrected chi connectivity index (χ3v) is 3.55. The van der Waals surface area contributed by atoms with E-state index in [0.29, 0.717) is 0 Å². The Balaban J connectivity index is 2.72. The molecule has 0 fully saturated rings. The van der Waals surface area contributed by atoms with Crippen molar-refractivity contribution in [2.45, 2.75) is 31.2 Å². The minimum atomic E-state index is -4.12. The van der Waals surface area contributed by atoms with Gasteiger partial charge in [0.05, 0.1) is 13.0 Å². The number of amides is 1. The first-order valence-corrected chi connectivity index (χ1v) is 8.17. The van der Waals surface area contributed by atoms with Gasteiger partial charge < -0.3 is 10.1 Å². The van der Waals surface area contributed by atoms with Crippen molar-refractivity contribution in [3.05, 3.63) is 24.0 Å². The maximum absolute atomic E-state index is 13.0. The van der Waals surface area contributed by atoms with Crippen LogP contribution in [0.4, 0.5) is 4.39 Å². The summed E-state index contributed by atoms with van der Waals surface area (Å²) in [5, 5.41) is 2.66. The molecule has 20 heavy (non-hydrogen) atoms. The Labute approximate surface area is 121 Å². The van der Waals surface area contributed by atoms with Gasteiger partial charge in [0.1, 0.15) is 16.5 Å². The first kappa shape index (κ1) is 16.7. The summed E-state index contributed by atoms with van der Waals surface area (Å²) in [5.74, 6) is -1.05. The van der Waals surface area contributed by atoms with Gasteiger partial charge in [-0.1, -0.05) is 0 Å². The molecule has 0 saturated carbocycles. The van der Waals surface area contributed by atoms with Gasteiger partial charge in [0.2, 0.25) is 5.91 Å². The van der Waals surface area contributed by atoms with Crippen molar-refractivity contribution < 1.29 is 22.3 Å². The Hall–Kier alpha value is -1.34. The number of carbonyl (C=O) groups is 1. The monoisotopic (exact) mass is 323 g/mol. The zero-order valence-corrected chi connectivity index (χ0v) is 12.6. The lowest BCUT2D eigenvalue weighted by Gasteiger charge is -2.11. The molecule has 0 atom stereocenters. The van der Waals surface area contributed by atoms with E-state index in [0.717, 1.165) is 18.2 Å². The summed E-state index contributed by atoms with van der Waals surface area (Å²) < 4.78 is 40.8. The summed E-state index contributed by atoms with van der Waals surface area (Å²) in [4.78, 5) is 10.9.